The molecule has 24 nitrogen and oxygen atoms in total. The van der Waals surface area contributed by atoms with Crippen molar-refractivity contribution >= 4 is 59.1 Å². The molecule has 0 bridgehead atoms. The van der Waals surface area contributed by atoms with Crippen LogP contribution in [0, 0.1) is 11.6 Å². The number of hydrogen-bond donors (Lipinski definition) is 4. The molecule has 4 aliphatic carbocycles. The number of ether oxygens (including phenoxy) is 8. The summed E-state index contributed by atoms with van der Waals surface area (Å²) in [6.45, 7) is 1.32. The van der Waals surface area contributed by atoms with E-state index in [9.17, 15) is 63.2 Å². The Morgan fingerprint density at radius 2 is 0.537 bits per heavy atom. The van der Waals surface area contributed by atoms with Gasteiger partial charge in [-0.1, -0.05) is 330 Å². The zero-order chi connectivity index (χ0) is 102. The summed E-state index contributed by atoms with van der Waals surface area (Å²) in [5.41, 5.74) is 11.9. The maximum Gasteiger partial charge on any atom is 0.326 e. The van der Waals surface area contributed by atoms with Gasteiger partial charge in [0.1, 0.15) is 73.7 Å². The molecule has 4 saturated carbocycles. The number of carbonyl (C=O) groups excluding carboxylic acids is 4. The second-order valence-electron chi connectivity index (χ2n) is 38.5. The Bertz CT molecular complexity index is 6270. The van der Waals surface area contributed by atoms with Gasteiger partial charge in [-0.2, -0.15) is 0 Å². The summed E-state index contributed by atoms with van der Waals surface area (Å²) in [7, 11) is 0. The van der Waals surface area contributed by atoms with E-state index in [2.05, 4.69) is 0 Å². The monoisotopic (exact) mass is 2010 g/mol. The first-order chi connectivity index (χ1) is 71.6. The zero-order valence-corrected chi connectivity index (χ0v) is 82.5. The number of aliphatic carboxylic acids is 4. The molecule has 0 aromatic heterocycles. The third kappa shape index (κ3) is 26.2. The molecule has 0 spiro atoms. The van der Waals surface area contributed by atoms with Gasteiger partial charge in [0.05, 0.1) is 29.4 Å². The van der Waals surface area contributed by atoms with Gasteiger partial charge in [0.25, 0.3) is 23.6 Å². The highest BCUT2D eigenvalue weighted by molar-refractivity contribution is 6.32. The van der Waals surface area contributed by atoms with E-state index in [0.29, 0.717) is 63.3 Å². The maximum atomic E-state index is 15.1. The van der Waals surface area contributed by atoms with Crippen molar-refractivity contribution in [3.05, 3.63) is 403 Å². The van der Waals surface area contributed by atoms with Crippen LogP contribution in [0.3, 0.4) is 0 Å². The maximum absolute atomic E-state index is 15.1. The molecule has 8 unspecified atom stereocenters. The molecule has 8 aliphatic rings. The van der Waals surface area contributed by atoms with Gasteiger partial charge in [0, 0.05) is 79.7 Å². The average Bonchev–Trinajstić information content (AvgIpc) is 1.14. The number of halogens is 3. The van der Waals surface area contributed by atoms with Gasteiger partial charge in [-0.25, -0.2) is 28.0 Å². The first-order valence-electron chi connectivity index (χ1n) is 50.8. The van der Waals surface area contributed by atoms with E-state index in [1.165, 1.54) is 37.8 Å². The molecule has 4 amide bonds. The first kappa shape index (κ1) is 104. The van der Waals surface area contributed by atoms with Crippen molar-refractivity contribution in [1.29, 1.82) is 0 Å². The molecule has 12 aromatic carbocycles. The van der Waals surface area contributed by atoms with Gasteiger partial charge in [0.15, 0.2) is 36.0 Å². The summed E-state index contributed by atoms with van der Waals surface area (Å²) in [6, 6.07) is 86.2. The van der Waals surface area contributed by atoms with E-state index in [1.807, 2.05) is 255 Å². The fraction of sp³-hybridized carbons (Fsp3) is 0.333. The summed E-state index contributed by atoms with van der Waals surface area (Å²) >= 11 is 6.51. The number of rotatable bonds is 32. The van der Waals surface area contributed by atoms with Crippen LogP contribution in [0.5, 0.6) is 23.0 Å². The summed E-state index contributed by atoms with van der Waals surface area (Å²) < 4.78 is 79.2. The van der Waals surface area contributed by atoms with Crippen LogP contribution in [0.15, 0.2) is 297 Å². The van der Waals surface area contributed by atoms with E-state index in [4.69, 9.17) is 49.5 Å². The van der Waals surface area contributed by atoms with E-state index in [-0.39, 0.29) is 113 Å². The molecule has 762 valence electrons. The Morgan fingerprint density at radius 3 is 0.871 bits per heavy atom. The Hall–Kier alpha value is -14.4. The minimum absolute atomic E-state index is 0.00805. The number of carbonyl (C=O) groups is 8. The van der Waals surface area contributed by atoms with Crippen molar-refractivity contribution in [3.8, 4) is 23.0 Å². The van der Waals surface area contributed by atoms with Crippen molar-refractivity contribution in [2.24, 2.45) is 0 Å². The molecule has 20 rings (SSSR count). The van der Waals surface area contributed by atoms with Crippen molar-refractivity contribution in [1.82, 2.24) is 19.6 Å². The smallest absolute Gasteiger partial charge is 0.326 e. The molecular formula is C120H121ClF2N4O20. The molecule has 12 aromatic rings. The number of carboxylic acid groups (broad SMARTS) is 4. The molecule has 0 radical (unpaired) electrons. The highest BCUT2D eigenvalue weighted by atomic mass is 35.5. The van der Waals surface area contributed by atoms with Crippen LogP contribution in [0.4, 0.5) is 8.78 Å². The topological polar surface area (TPSA) is 304 Å². The number of amides is 4. The zero-order valence-electron chi connectivity index (χ0n) is 81.8. The Labute approximate surface area is 859 Å². The van der Waals surface area contributed by atoms with Crippen molar-refractivity contribution in [3.63, 3.8) is 0 Å². The Morgan fingerprint density at radius 1 is 0.272 bits per heavy atom. The SMILES string of the molecule is O=C(O)C1Cc2c(OCc3ccccc3)ccc(F)c2CN1C(=O)C(OC1CCCC1)c1ccccc1.O=C(O)C1Cc2c(ccc(Cl)c2OCc2ccccc2)CN1C(=O)C(OC1CCCC1)c1ccccc1.O=C(O)C1Cc2c(ccc(F)c2OCc2ccccc2)CN1C(=O)C(OC1CCCC1)c1ccccc1.O=C(O)C1Cc2c(cccc2OCc2ccccc2)CN1C(=O)C(OC1CCCC1)c1ccccc1. The van der Waals surface area contributed by atoms with Gasteiger partial charge in [-0.05, 0) is 143 Å². The quantitative estimate of drug-likeness (QED) is 0.0304. The van der Waals surface area contributed by atoms with Crippen LogP contribution in [-0.4, -0.2) is 136 Å². The van der Waals surface area contributed by atoms with Gasteiger partial charge in [-0.3, -0.25) is 19.2 Å². The lowest BCUT2D eigenvalue weighted by Gasteiger charge is -2.37. The van der Waals surface area contributed by atoms with Gasteiger partial charge >= 0.3 is 23.9 Å². The fourth-order valence-corrected chi connectivity index (χ4v) is 21.1. The predicted molar refractivity (Wildman–Crippen MR) is 547 cm³/mol. The average molecular weight is 2010 g/mol. The van der Waals surface area contributed by atoms with Crippen molar-refractivity contribution in [2.75, 3.05) is 0 Å². The lowest BCUT2D eigenvalue weighted by Crippen LogP contribution is -2.51. The normalized spacial score (nSPS) is 18.3. The Balaban J connectivity index is 0.000000134. The van der Waals surface area contributed by atoms with Gasteiger partial charge in [0.2, 0.25) is 0 Å². The second kappa shape index (κ2) is 50.1. The highest BCUT2D eigenvalue weighted by Gasteiger charge is 2.47. The number of nitrogens with zero attached hydrogens (tertiary/aromatic N) is 4. The van der Waals surface area contributed by atoms with Crippen LogP contribution in [0.1, 0.15) is 216 Å². The second-order valence-corrected chi connectivity index (χ2v) is 38.9. The summed E-state index contributed by atoms with van der Waals surface area (Å²) in [5, 5.41) is 41.0. The third-order valence-electron chi connectivity index (χ3n) is 28.7. The van der Waals surface area contributed by atoms with Gasteiger partial charge in [-0.15, -0.1) is 0 Å². The largest absolute Gasteiger partial charge is 0.489 e. The van der Waals surface area contributed by atoms with E-state index >= 15 is 4.39 Å². The Kier molecular flexibility index (Phi) is 35.5. The third-order valence-corrected chi connectivity index (χ3v) is 29.0. The first-order valence-corrected chi connectivity index (χ1v) is 51.1. The van der Waals surface area contributed by atoms with Crippen molar-refractivity contribution < 1.29 is 105 Å². The molecular weight excluding hydrogens is 1890 g/mol. The predicted octanol–water partition coefficient (Wildman–Crippen LogP) is 22.1. The number of hydrogen-bond acceptors (Lipinski definition) is 16. The molecule has 4 fully saturated rings. The van der Waals surface area contributed by atoms with Crippen molar-refractivity contribution in [2.45, 2.75) is 254 Å². The highest BCUT2D eigenvalue weighted by Crippen LogP contribution is 2.45. The lowest BCUT2D eigenvalue weighted by atomic mass is 9.91. The standard InChI is InChI=1S/C30H30ClNO5.2C30H30FNO5.C30H31NO5/c2*31-25-16-15-22-18-32(29(33)27(21-11-5-2-6-12-21)37-23-13-7-8-14-23)26(30(34)35)17-24(22)28(25)36-19-20-9-3-1-4-10-20;31-25-15-16-27(36-19-20-9-3-1-4-10-20)23-17-26(30(34)35)32(18-24(23)25)29(33)28(21-11-5-2-6-12-21)37-22-13-7-8-14-22;32-29(28(22-12-5-2-6-13-22)36-24-15-7-8-16-24)31-19-23-14-9-17-27(25(23)18-26(31)30(33)34)35-20-21-10-3-1-4-11-21/h2*1-6,9-12,15-16,23,26-27H,7-8,13-14,17-19H2,(H,34,35);1-6,9-12,15-16,22,26,28H,7-8,13-14,17-19H2,(H,34,35);1-6,9-14,17,24,26,28H,7-8,15-16,18-20H2,(H,33,34). The van der Waals surface area contributed by atoms with Crippen LogP contribution in [0.2, 0.25) is 5.02 Å². The molecule has 0 saturated heterocycles. The lowest BCUT2D eigenvalue weighted by molar-refractivity contribution is -0.160. The number of benzene rings is 12. The summed E-state index contributed by atoms with van der Waals surface area (Å²) in [6.07, 6.45) is 12.2. The summed E-state index contributed by atoms with van der Waals surface area (Å²) in [4.78, 5) is 111. The minimum Gasteiger partial charge on any atom is -0.489 e. The molecule has 4 heterocycles. The number of fused-ring (bicyclic) bond motifs is 4. The van der Waals surface area contributed by atoms with Crippen LogP contribution >= 0.6 is 11.6 Å². The van der Waals surface area contributed by atoms with Gasteiger partial charge < -0.3 is 77.9 Å². The molecule has 8 atom stereocenters. The van der Waals surface area contributed by atoms with E-state index in [0.717, 1.165) is 158 Å². The van der Waals surface area contributed by atoms with E-state index in [1.54, 1.807) is 24.3 Å². The van der Waals surface area contributed by atoms with Crippen LogP contribution in [-0.2, 0) is 136 Å². The summed E-state index contributed by atoms with van der Waals surface area (Å²) in [5.74, 6) is -5.32. The molecule has 4 N–H and O–H groups in total. The molecule has 147 heavy (non-hydrogen) atoms. The van der Waals surface area contributed by atoms with Crippen LogP contribution < -0.4 is 18.9 Å². The number of carboxylic acids is 4. The fourth-order valence-electron chi connectivity index (χ4n) is 20.8. The molecule has 27 heteroatoms. The van der Waals surface area contributed by atoms with Crippen LogP contribution in [0.25, 0.3) is 0 Å². The molecule has 4 aliphatic heterocycles. The van der Waals surface area contributed by atoms with E-state index < -0.39 is 95.9 Å². The minimum atomic E-state index is -1.17.